The third kappa shape index (κ3) is 5.29. The molecule has 1 amide bonds. The van der Waals surface area contributed by atoms with Crippen LogP contribution in [0.5, 0.6) is 0 Å². The molecule has 0 unspecified atom stereocenters. The normalized spacial score (nSPS) is 11.0. The first-order valence-electron chi connectivity index (χ1n) is 10.0. The van der Waals surface area contributed by atoms with Crippen LogP contribution in [0.15, 0.2) is 52.4 Å². The summed E-state index contributed by atoms with van der Waals surface area (Å²) in [4.78, 5) is 30.2. The van der Waals surface area contributed by atoms with Crippen LogP contribution in [0.25, 0.3) is 10.9 Å². The molecule has 0 aliphatic rings. The van der Waals surface area contributed by atoms with Crippen LogP contribution in [-0.4, -0.2) is 35.7 Å². The van der Waals surface area contributed by atoms with E-state index in [9.17, 15) is 9.59 Å². The van der Waals surface area contributed by atoms with Gasteiger partial charge in [0.15, 0.2) is 5.16 Å². The number of thioether (sulfide) groups is 1. The number of aryl methyl sites for hydroxylation is 1. The molecule has 7 heteroatoms. The summed E-state index contributed by atoms with van der Waals surface area (Å²) in [5, 5.41) is 3.98. The van der Waals surface area contributed by atoms with Crippen LogP contribution in [0.2, 0.25) is 0 Å². The molecule has 0 saturated carbocycles. The number of amides is 1. The molecule has 0 spiro atoms. The van der Waals surface area contributed by atoms with Crippen LogP contribution in [0, 0.1) is 6.92 Å². The number of rotatable bonds is 9. The molecular weight excluding hydrogens is 398 g/mol. The number of nitrogens with zero attached hydrogens (tertiary/aromatic N) is 2. The van der Waals surface area contributed by atoms with E-state index in [1.54, 1.807) is 29.9 Å². The molecule has 0 radical (unpaired) electrons. The van der Waals surface area contributed by atoms with Gasteiger partial charge >= 0.3 is 0 Å². The second kappa shape index (κ2) is 10.4. The number of aromatic nitrogens is 2. The number of hydrogen-bond acceptors (Lipinski definition) is 5. The van der Waals surface area contributed by atoms with Crippen molar-refractivity contribution in [2.75, 3.05) is 20.3 Å². The molecule has 0 fully saturated rings. The fourth-order valence-electron chi connectivity index (χ4n) is 3.00. The quantitative estimate of drug-likeness (QED) is 0.417. The van der Waals surface area contributed by atoms with E-state index < -0.39 is 0 Å². The van der Waals surface area contributed by atoms with Gasteiger partial charge in [-0.1, -0.05) is 48.5 Å². The number of hydrogen-bond donors (Lipinski definition) is 1. The van der Waals surface area contributed by atoms with Gasteiger partial charge in [0.2, 0.25) is 0 Å². The van der Waals surface area contributed by atoms with Gasteiger partial charge in [0.05, 0.1) is 24.1 Å². The zero-order valence-electron chi connectivity index (χ0n) is 17.6. The SMILES string of the molecule is CCCNC(=O)c1ccc2c(=O)n(CCOC)c(SCc3ccc(C)cc3)nc2c1. The molecule has 0 saturated heterocycles. The average Bonchev–Trinajstić information content (AvgIpc) is 2.76. The highest BCUT2D eigenvalue weighted by Crippen LogP contribution is 2.23. The fourth-order valence-corrected chi connectivity index (χ4v) is 3.99. The van der Waals surface area contributed by atoms with Crippen LogP contribution in [0.4, 0.5) is 0 Å². The van der Waals surface area contributed by atoms with Crippen molar-refractivity contribution in [3.8, 4) is 0 Å². The largest absolute Gasteiger partial charge is 0.383 e. The summed E-state index contributed by atoms with van der Waals surface area (Å²) in [6.07, 6.45) is 0.863. The first-order chi connectivity index (χ1) is 14.5. The molecule has 1 aromatic heterocycles. The predicted octanol–water partition coefficient (Wildman–Crippen LogP) is 3.78. The molecule has 3 aromatic rings. The van der Waals surface area contributed by atoms with Crippen LogP contribution in [-0.2, 0) is 17.0 Å². The third-order valence-corrected chi connectivity index (χ3v) is 5.77. The topological polar surface area (TPSA) is 73.2 Å². The lowest BCUT2D eigenvalue weighted by molar-refractivity contribution is 0.0954. The summed E-state index contributed by atoms with van der Waals surface area (Å²) >= 11 is 1.51. The minimum absolute atomic E-state index is 0.121. The van der Waals surface area contributed by atoms with Gasteiger partial charge in [0.1, 0.15) is 0 Å². The fraction of sp³-hybridized carbons (Fsp3) is 0.348. The van der Waals surface area contributed by atoms with E-state index in [2.05, 4.69) is 36.5 Å². The zero-order valence-corrected chi connectivity index (χ0v) is 18.4. The van der Waals surface area contributed by atoms with Crippen LogP contribution in [0.1, 0.15) is 34.8 Å². The Labute approximate surface area is 180 Å². The number of fused-ring (bicyclic) bond motifs is 1. The minimum Gasteiger partial charge on any atom is -0.383 e. The van der Waals surface area contributed by atoms with E-state index in [1.807, 2.05) is 6.92 Å². The van der Waals surface area contributed by atoms with E-state index in [-0.39, 0.29) is 11.5 Å². The Kier molecular flexibility index (Phi) is 7.65. The second-order valence-corrected chi connectivity index (χ2v) is 8.05. The molecule has 0 aliphatic carbocycles. The lowest BCUT2D eigenvalue weighted by Gasteiger charge is -2.13. The number of methoxy groups -OCH3 is 1. The minimum atomic E-state index is -0.155. The second-order valence-electron chi connectivity index (χ2n) is 7.11. The molecule has 0 aliphatic heterocycles. The predicted molar refractivity (Wildman–Crippen MR) is 121 cm³/mol. The number of nitrogens with one attached hydrogen (secondary N) is 1. The van der Waals surface area contributed by atoms with Gasteiger partial charge in [-0.25, -0.2) is 4.98 Å². The van der Waals surface area contributed by atoms with Crippen molar-refractivity contribution in [2.45, 2.75) is 37.7 Å². The van der Waals surface area contributed by atoms with Crippen LogP contribution < -0.4 is 10.9 Å². The Morgan fingerprint density at radius 3 is 2.67 bits per heavy atom. The Bertz CT molecular complexity index is 1080. The summed E-state index contributed by atoms with van der Waals surface area (Å²) in [5.74, 6) is 0.542. The number of carbonyl (C=O) groups excluding carboxylic acids is 1. The maximum atomic E-state index is 13.1. The van der Waals surface area contributed by atoms with E-state index in [4.69, 9.17) is 9.72 Å². The highest BCUT2D eigenvalue weighted by molar-refractivity contribution is 7.98. The van der Waals surface area contributed by atoms with Gasteiger partial charge < -0.3 is 10.1 Å². The van der Waals surface area contributed by atoms with E-state index in [1.165, 1.54) is 17.3 Å². The summed E-state index contributed by atoms with van der Waals surface area (Å²) in [5.41, 5.74) is 3.28. The van der Waals surface area contributed by atoms with Crippen molar-refractivity contribution in [1.29, 1.82) is 0 Å². The first kappa shape index (κ1) is 22.1. The van der Waals surface area contributed by atoms with Gasteiger partial charge in [0, 0.05) is 25.0 Å². The van der Waals surface area contributed by atoms with Crippen molar-refractivity contribution in [1.82, 2.24) is 14.9 Å². The maximum Gasteiger partial charge on any atom is 0.262 e. The van der Waals surface area contributed by atoms with Gasteiger partial charge in [-0.3, -0.25) is 14.2 Å². The summed E-state index contributed by atoms with van der Waals surface area (Å²) < 4.78 is 6.84. The summed E-state index contributed by atoms with van der Waals surface area (Å²) in [6, 6.07) is 13.4. The highest BCUT2D eigenvalue weighted by Gasteiger charge is 2.14. The van der Waals surface area contributed by atoms with Gasteiger partial charge in [-0.2, -0.15) is 0 Å². The van der Waals surface area contributed by atoms with Gasteiger partial charge in [0.25, 0.3) is 11.5 Å². The standard InChI is InChI=1S/C23H27N3O3S/c1-4-11-24-21(27)18-9-10-19-20(14-18)25-23(26(22(19)28)12-13-29-3)30-15-17-7-5-16(2)6-8-17/h5-10,14H,4,11-13,15H2,1-3H3,(H,24,27). The van der Waals surface area contributed by atoms with Crippen molar-refractivity contribution in [3.05, 3.63) is 69.5 Å². The zero-order chi connectivity index (χ0) is 21.5. The van der Waals surface area contributed by atoms with E-state index in [0.29, 0.717) is 47.1 Å². The molecule has 1 heterocycles. The van der Waals surface area contributed by atoms with Crippen molar-refractivity contribution in [2.24, 2.45) is 0 Å². The first-order valence-corrected chi connectivity index (χ1v) is 11.0. The molecule has 6 nitrogen and oxygen atoms in total. The number of benzene rings is 2. The Balaban J connectivity index is 1.97. The summed E-state index contributed by atoms with van der Waals surface area (Å²) in [6.45, 7) is 5.51. The average molecular weight is 426 g/mol. The van der Waals surface area contributed by atoms with Gasteiger partial charge in [-0.15, -0.1) is 0 Å². The van der Waals surface area contributed by atoms with Crippen molar-refractivity contribution < 1.29 is 9.53 Å². The van der Waals surface area contributed by atoms with E-state index >= 15 is 0 Å². The lowest BCUT2D eigenvalue weighted by Crippen LogP contribution is -2.26. The number of ether oxygens (including phenoxy) is 1. The smallest absolute Gasteiger partial charge is 0.262 e. The van der Waals surface area contributed by atoms with Crippen LogP contribution >= 0.6 is 11.8 Å². The molecule has 3 rings (SSSR count). The monoisotopic (exact) mass is 425 g/mol. The molecule has 0 bridgehead atoms. The molecule has 30 heavy (non-hydrogen) atoms. The molecule has 0 atom stereocenters. The Morgan fingerprint density at radius 2 is 1.97 bits per heavy atom. The van der Waals surface area contributed by atoms with Crippen molar-refractivity contribution in [3.63, 3.8) is 0 Å². The summed E-state index contributed by atoms with van der Waals surface area (Å²) in [7, 11) is 1.61. The number of carbonyl (C=O) groups is 1. The third-order valence-electron chi connectivity index (χ3n) is 4.73. The molecule has 2 aromatic carbocycles. The molecule has 1 N–H and O–H groups in total. The maximum absolute atomic E-state index is 13.1. The molecule has 158 valence electrons. The Morgan fingerprint density at radius 1 is 1.20 bits per heavy atom. The van der Waals surface area contributed by atoms with Crippen LogP contribution in [0.3, 0.4) is 0 Å². The van der Waals surface area contributed by atoms with Crippen molar-refractivity contribution >= 4 is 28.6 Å². The van der Waals surface area contributed by atoms with Gasteiger partial charge in [-0.05, 0) is 37.1 Å². The molecular formula is C23H27N3O3S. The van der Waals surface area contributed by atoms with E-state index in [0.717, 1.165) is 12.0 Å². The lowest BCUT2D eigenvalue weighted by atomic mass is 10.1. The Hall–Kier alpha value is -2.64. The highest BCUT2D eigenvalue weighted by atomic mass is 32.2.